The smallest absolute Gasteiger partial charge is 0.124 e. The van der Waals surface area contributed by atoms with Crippen molar-refractivity contribution in [2.45, 2.75) is 27.2 Å². The molecular weight excluding hydrogens is 302 g/mol. The lowest BCUT2D eigenvalue weighted by atomic mass is 9.80. The summed E-state index contributed by atoms with van der Waals surface area (Å²) in [4.78, 5) is 2.36. The molecule has 0 saturated carbocycles. The van der Waals surface area contributed by atoms with Crippen LogP contribution in [0.15, 0.2) is 22.7 Å². The molecule has 1 aliphatic heterocycles. The number of nitrogens with zero attached hydrogens (tertiary/aromatic N) is 1. The number of hydrogen-bond donors (Lipinski definition) is 2. The van der Waals surface area contributed by atoms with Gasteiger partial charge in [0.2, 0.25) is 0 Å². The third-order valence-electron chi connectivity index (χ3n) is 4.00. The zero-order valence-electron chi connectivity index (χ0n) is 11.8. The highest BCUT2D eigenvalue weighted by molar-refractivity contribution is 9.10. The van der Waals surface area contributed by atoms with Crippen molar-refractivity contribution in [3.63, 3.8) is 0 Å². The van der Waals surface area contributed by atoms with Crippen LogP contribution in [0, 0.1) is 16.7 Å². The Kier molecular flexibility index (Phi) is 3.90. The van der Waals surface area contributed by atoms with Gasteiger partial charge in [-0.3, -0.25) is 5.41 Å². The molecule has 0 bridgehead atoms. The molecule has 0 spiro atoms. The van der Waals surface area contributed by atoms with Gasteiger partial charge >= 0.3 is 0 Å². The van der Waals surface area contributed by atoms with Gasteiger partial charge in [0.1, 0.15) is 5.84 Å². The van der Waals surface area contributed by atoms with Crippen molar-refractivity contribution < 1.29 is 0 Å². The average Bonchev–Trinajstić information content (AvgIpc) is 2.77. The molecule has 0 radical (unpaired) electrons. The number of nitrogen functional groups attached to an aromatic ring is 1. The fourth-order valence-electron chi connectivity index (χ4n) is 2.69. The van der Waals surface area contributed by atoms with Gasteiger partial charge in [-0.2, -0.15) is 0 Å². The van der Waals surface area contributed by atoms with Crippen molar-refractivity contribution in [2.24, 2.45) is 17.1 Å². The molecule has 0 amide bonds. The summed E-state index contributed by atoms with van der Waals surface area (Å²) in [6.45, 7) is 8.99. The van der Waals surface area contributed by atoms with E-state index in [1.165, 1.54) is 6.42 Å². The minimum absolute atomic E-state index is 0.135. The van der Waals surface area contributed by atoms with Gasteiger partial charge in [0.15, 0.2) is 0 Å². The second kappa shape index (κ2) is 5.16. The van der Waals surface area contributed by atoms with E-state index in [2.05, 4.69) is 47.7 Å². The quantitative estimate of drug-likeness (QED) is 0.645. The first-order valence-corrected chi connectivity index (χ1v) is 7.47. The monoisotopic (exact) mass is 323 g/mol. The number of benzene rings is 1. The number of hydrogen-bond acceptors (Lipinski definition) is 2. The predicted molar refractivity (Wildman–Crippen MR) is 84.9 cm³/mol. The van der Waals surface area contributed by atoms with E-state index in [1.54, 1.807) is 0 Å². The first kappa shape index (κ1) is 14.4. The van der Waals surface area contributed by atoms with E-state index < -0.39 is 0 Å². The lowest BCUT2D eigenvalue weighted by molar-refractivity contribution is 0.263. The fourth-order valence-corrected chi connectivity index (χ4v) is 3.05. The van der Waals surface area contributed by atoms with Gasteiger partial charge in [0.25, 0.3) is 0 Å². The predicted octanol–water partition coefficient (Wildman–Crippen LogP) is 3.61. The molecule has 0 aliphatic carbocycles. The van der Waals surface area contributed by atoms with Crippen LogP contribution >= 0.6 is 15.9 Å². The molecule has 1 aliphatic rings. The summed E-state index contributed by atoms with van der Waals surface area (Å²) in [5.41, 5.74) is 7.95. The Hall–Kier alpha value is -1.03. The molecule has 1 aromatic carbocycles. The van der Waals surface area contributed by atoms with Crippen molar-refractivity contribution in [1.29, 1.82) is 5.41 Å². The van der Waals surface area contributed by atoms with Gasteiger partial charge in [-0.25, -0.2) is 0 Å². The minimum atomic E-state index is 0.135. The van der Waals surface area contributed by atoms with E-state index in [0.29, 0.717) is 11.3 Å². The highest BCUT2D eigenvalue weighted by Crippen LogP contribution is 2.37. The Morgan fingerprint density at radius 3 is 2.63 bits per heavy atom. The lowest BCUT2D eigenvalue weighted by Gasteiger charge is -2.28. The summed E-state index contributed by atoms with van der Waals surface area (Å²) in [5, 5.41) is 7.74. The van der Waals surface area contributed by atoms with Crippen molar-refractivity contribution in [2.75, 3.05) is 18.0 Å². The van der Waals surface area contributed by atoms with E-state index in [1.807, 2.05) is 12.1 Å². The highest BCUT2D eigenvalue weighted by Gasteiger charge is 2.32. The van der Waals surface area contributed by atoms with Crippen LogP contribution in [0.1, 0.15) is 32.8 Å². The maximum atomic E-state index is 7.74. The van der Waals surface area contributed by atoms with Gasteiger partial charge in [-0.15, -0.1) is 0 Å². The summed E-state index contributed by atoms with van der Waals surface area (Å²) in [6.07, 6.45) is 1.21. The number of nitrogens with two attached hydrogens (primary N) is 1. The summed E-state index contributed by atoms with van der Waals surface area (Å²) in [6, 6.07) is 6.01. The molecule has 1 saturated heterocycles. The van der Waals surface area contributed by atoms with Crippen LogP contribution in [-0.4, -0.2) is 18.9 Å². The zero-order chi connectivity index (χ0) is 14.2. The Morgan fingerprint density at radius 2 is 2.11 bits per heavy atom. The maximum absolute atomic E-state index is 7.74. The van der Waals surface area contributed by atoms with Gasteiger partial charge < -0.3 is 10.6 Å². The van der Waals surface area contributed by atoms with Crippen LogP contribution in [0.3, 0.4) is 0 Å². The van der Waals surface area contributed by atoms with Crippen LogP contribution in [-0.2, 0) is 0 Å². The maximum Gasteiger partial charge on any atom is 0.124 e. The molecule has 0 aromatic heterocycles. The first-order chi connectivity index (χ1) is 8.79. The molecule has 3 nitrogen and oxygen atoms in total. The topological polar surface area (TPSA) is 53.1 Å². The molecule has 104 valence electrons. The molecule has 1 aromatic rings. The van der Waals surface area contributed by atoms with Crippen molar-refractivity contribution >= 4 is 27.5 Å². The molecule has 19 heavy (non-hydrogen) atoms. The molecule has 3 N–H and O–H groups in total. The van der Waals surface area contributed by atoms with Crippen LogP contribution in [0.2, 0.25) is 0 Å². The lowest BCUT2D eigenvalue weighted by Crippen LogP contribution is -2.27. The molecule has 1 fully saturated rings. The molecule has 2 rings (SSSR count). The number of anilines is 1. The second-order valence-corrected chi connectivity index (χ2v) is 7.29. The first-order valence-electron chi connectivity index (χ1n) is 6.68. The van der Waals surface area contributed by atoms with E-state index in [9.17, 15) is 0 Å². The van der Waals surface area contributed by atoms with Gasteiger partial charge in [0.05, 0.1) is 0 Å². The summed E-state index contributed by atoms with van der Waals surface area (Å²) >= 11 is 3.45. The van der Waals surface area contributed by atoms with E-state index in [4.69, 9.17) is 11.1 Å². The average molecular weight is 324 g/mol. The normalized spacial score (nSPS) is 19.8. The van der Waals surface area contributed by atoms with E-state index >= 15 is 0 Å². The van der Waals surface area contributed by atoms with Gasteiger partial charge in [0, 0.05) is 28.8 Å². The molecule has 1 atom stereocenters. The van der Waals surface area contributed by atoms with Crippen LogP contribution in [0.25, 0.3) is 0 Å². The Bertz CT molecular complexity index is 491. The van der Waals surface area contributed by atoms with E-state index in [0.717, 1.165) is 28.8 Å². The van der Waals surface area contributed by atoms with Gasteiger partial charge in [-0.1, -0.05) is 36.7 Å². The summed E-state index contributed by atoms with van der Waals surface area (Å²) in [5.74, 6) is 0.825. The Morgan fingerprint density at radius 1 is 1.42 bits per heavy atom. The highest BCUT2D eigenvalue weighted by atomic mass is 79.9. The van der Waals surface area contributed by atoms with Crippen LogP contribution < -0.4 is 10.6 Å². The summed E-state index contributed by atoms with van der Waals surface area (Å²) in [7, 11) is 0. The zero-order valence-corrected chi connectivity index (χ0v) is 13.4. The Labute approximate surface area is 123 Å². The second-order valence-electron chi connectivity index (χ2n) is 6.37. The number of amidine groups is 1. The number of rotatable bonds is 2. The third-order valence-corrected chi connectivity index (χ3v) is 4.50. The minimum Gasteiger partial charge on any atom is -0.384 e. The SMILES string of the molecule is CC(C)(C)C1CCN(c2ccc(Br)cc2C(=N)N)C1. The van der Waals surface area contributed by atoms with Crippen molar-refractivity contribution in [3.05, 3.63) is 28.2 Å². The third kappa shape index (κ3) is 3.11. The van der Waals surface area contributed by atoms with Crippen molar-refractivity contribution in [1.82, 2.24) is 0 Å². The van der Waals surface area contributed by atoms with Crippen LogP contribution in [0.5, 0.6) is 0 Å². The van der Waals surface area contributed by atoms with E-state index in [-0.39, 0.29) is 5.84 Å². The molecule has 4 heteroatoms. The number of nitrogens with one attached hydrogen (secondary N) is 1. The summed E-state index contributed by atoms with van der Waals surface area (Å²) < 4.78 is 0.966. The Balaban J connectivity index is 2.27. The fraction of sp³-hybridized carbons (Fsp3) is 0.533. The van der Waals surface area contributed by atoms with Crippen molar-refractivity contribution in [3.8, 4) is 0 Å². The standard InChI is InChI=1S/C15H22BrN3/c1-15(2,3)10-6-7-19(9-10)13-5-4-11(16)8-12(13)14(17)18/h4-5,8,10H,6-7,9H2,1-3H3,(H3,17,18). The molecule has 1 heterocycles. The van der Waals surface area contributed by atoms with Gasteiger partial charge in [-0.05, 0) is 36.0 Å². The number of halogens is 1. The molecular formula is C15H22BrN3. The van der Waals surface area contributed by atoms with Crippen LogP contribution in [0.4, 0.5) is 5.69 Å². The largest absolute Gasteiger partial charge is 0.384 e. The molecule has 1 unspecified atom stereocenters.